The molecule has 168 valence electrons. The van der Waals surface area contributed by atoms with Crippen LogP contribution in [0.5, 0.6) is 5.75 Å². The van der Waals surface area contributed by atoms with Gasteiger partial charge in [0, 0.05) is 16.2 Å². The zero-order chi connectivity index (χ0) is 24.2. The standard InChI is InChI=1S/C23H23F3N3OPS/c1-15(17-6-8-18(9-7-17)32-23(25,26)31)29-22(4,13-28)14-30-20-10-5-16(12-27)11-19(20)21(2,3)24/h5-11,29H,1,14,31H2,2-4H3. The number of rotatable bonds is 9. The molecule has 0 aliphatic carbocycles. The molecule has 0 bridgehead atoms. The molecule has 0 aliphatic rings. The highest BCUT2D eigenvalue weighted by molar-refractivity contribution is 8.03. The highest BCUT2D eigenvalue weighted by atomic mass is 32.2. The van der Waals surface area contributed by atoms with Gasteiger partial charge in [-0.05, 0) is 77.7 Å². The summed E-state index contributed by atoms with van der Waals surface area (Å²) in [4.78, 5) is -2.58. The predicted octanol–water partition coefficient (Wildman–Crippen LogP) is 6.20. The van der Waals surface area contributed by atoms with Crippen LogP contribution in [0.3, 0.4) is 0 Å². The average molecular weight is 477 g/mol. The normalized spacial score (nSPS) is 13.4. The van der Waals surface area contributed by atoms with Crippen LogP contribution in [0.1, 0.15) is 37.5 Å². The summed E-state index contributed by atoms with van der Waals surface area (Å²) in [7, 11) is 1.47. The van der Waals surface area contributed by atoms with Gasteiger partial charge in [0.25, 0.3) is 0 Å². The first-order valence-electron chi connectivity index (χ1n) is 9.47. The van der Waals surface area contributed by atoms with Crippen molar-refractivity contribution in [2.24, 2.45) is 0 Å². The molecular weight excluding hydrogens is 454 g/mol. The second-order valence-electron chi connectivity index (χ2n) is 7.82. The molecule has 0 aromatic heterocycles. The molecule has 4 nitrogen and oxygen atoms in total. The Labute approximate surface area is 192 Å². The van der Waals surface area contributed by atoms with Crippen molar-refractivity contribution >= 4 is 26.7 Å². The van der Waals surface area contributed by atoms with Crippen molar-refractivity contribution in [2.45, 2.75) is 41.9 Å². The van der Waals surface area contributed by atoms with Gasteiger partial charge in [0.05, 0.1) is 17.7 Å². The lowest BCUT2D eigenvalue weighted by atomic mass is 9.97. The third-order valence-corrected chi connectivity index (χ3v) is 5.53. The first-order valence-corrected chi connectivity index (χ1v) is 10.9. The summed E-state index contributed by atoms with van der Waals surface area (Å²) in [6.45, 7) is 8.10. The summed E-state index contributed by atoms with van der Waals surface area (Å²) in [6.07, 6.45) is 0. The van der Waals surface area contributed by atoms with E-state index >= 15 is 0 Å². The van der Waals surface area contributed by atoms with Crippen LogP contribution >= 0.6 is 21.0 Å². The number of hydrogen-bond acceptors (Lipinski definition) is 5. The fourth-order valence-corrected chi connectivity index (χ4v) is 3.79. The van der Waals surface area contributed by atoms with E-state index in [1.54, 1.807) is 19.1 Å². The first-order chi connectivity index (χ1) is 14.8. The third kappa shape index (κ3) is 7.19. The van der Waals surface area contributed by atoms with E-state index in [4.69, 9.17) is 10.00 Å². The van der Waals surface area contributed by atoms with Gasteiger partial charge in [-0.2, -0.15) is 19.3 Å². The molecule has 0 amide bonds. The van der Waals surface area contributed by atoms with E-state index in [-0.39, 0.29) is 17.9 Å². The number of hydrogen-bond donors (Lipinski definition) is 1. The molecule has 2 atom stereocenters. The molecule has 2 rings (SSSR count). The smallest absolute Gasteiger partial charge is 0.308 e. The Hall–Kier alpha value is -2.67. The van der Waals surface area contributed by atoms with E-state index in [1.165, 1.54) is 53.4 Å². The van der Waals surface area contributed by atoms with Crippen molar-refractivity contribution in [2.75, 3.05) is 6.61 Å². The monoisotopic (exact) mass is 477 g/mol. The fourth-order valence-electron chi connectivity index (χ4n) is 2.79. The number of alkyl halides is 3. The molecule has 0 fully saturated rings. The molecule has 0 saturated heterocycles. The molecular formula is C23H23F3N3OPS. The second-order valence-corrected chi connectivity index (χ2v) is 10.2. The predicted molar refractivity (Wildman–Crippen MR) is 124 cm³/mol. The number of nitriles is 2. The van der Waals surface area contributed by atoms with Gasteiger partial charge in [-0.3, -0.25) is 0 Å². The maximum Gasteiger partial charge on any atom is 0.308 e. The summed E-state index contributed by atoms with van der Waals surface area (Å²) in [5, 5.41) is 21.8. The summed E-state index contributed by atoms with van der Waals surface area (Å²) in [5.41, 5.74) is -1.45. The van der Waals surface area contributed by atoms with E-state index in [1.807, 2.05) is 6.07 Å². The number of halogens is 3. The lowest BCUT2D eigenvalue weighted by molar-refractivity contribution is 0.198. The molecule has 0 radical (unpaired) electrons. The molecule has 32 heavy (non-hydrogen) atoms. The maximum atomic E-state index is 14.6. The lowest BCUT2D eigenvalue weighted by Crippen LogP contribution is -2.45. The number of nitrogens with zero attached hydrogens (tertiary/aromatic N) is 2. The highest BCUT2D eigenvalue weighted by Crippen LogP contribution is 2.41. The zero-order valence-electron chi connectivity index (χ0n) is 17.9. The Morgan fingerprint density at radius 1 is 1.12 bits per heavy atom. The minimum Gasteiger partial charge on any atom is -0.490 e. The van der Waals surface area contributed by atoms with Gasteiger partial charge in [-0.15, -0.1) is 0 Å². The van der Waals surface area contributed by atoms with Gasteiger partial charge in [-0.25, -0.2) is 4.39 Å². The van der Waals surface area contributed by atoms with E-state index in [0.717, 1.165) is 0 Å². The van der Waals surface area contributed by atoms with Gasteiger partial charge in [-0.1, -0.05) is 18.7 Å². The molecule has 2 aromatic rings. The molecule has 0 saturated carbocycles. The Balaban J connectivity index is 2.14. The van der Waals surface area contributed by atoms with Crippen LogP contribution in [0, 0.1) is 22.7 Å². The third-order valence-electron chi connectivity index (χ3n) is 4.40. The van der Waals surface area contributed by atoms with Crippen LogP contribution in [0.4, 0.5) is 13.2 Å². The van der Waals surface area contributed by atoms with Crippen LogP contribution in [-0.4, -0.2) is 17.1 Å². The number of nitrogens with one attached hydrogen (secondary N) is 1. The van der Waals surface area contributed by atoms with Crippen LogP contribution in [-0.2, 0) is 5.67 Å². The number of thioether (sulfide) groups is 1. The quantitative estimate of drug-likeness (QED) is 0.344. The highest BCUT2D eigenvalue weighted by Gasteiger charge is 2.29. The summed E-state index contributed by atoms with van der Waals surface area (Å²) >= 11 is 0.407. The summed E-state index contributed by atoms with van der Waals surface area (Å²) in [6, 6.07) is 14.8. The Morgan fingerprint density at radius 3 is 2.25 bits per heavy atom. The van der Waals surface area contributed by atoms with Crippen molar-refractivity contribution < 1.29 is 17.9 Å². The molecule has 2 unspecified atom stereocenters. The Kier molecular flexibility index (Phi) is 7.88. The summed E-state index contributed by atoms with van der Waals surface area (Å²) in [5.74, 6) is 0.227. The van der Waals surface area contributed by atoms with Gasteiger partial charge >= 0.3 is 5.00 Å². The first kappa shape index (κ1) is 25.6. The van der Waals surface area contributed by atoms with Gasteiger partial charge < -0.3 is 10.1 Å². The average Bonchev–Trinajstić information content (AvgIpc) is 2.70. The van der Waals surface area contributed by atoms with Crippen LogP contribution in [0.15, 0.2) is 53.9 Å². The molecule has 0 heterocycles. The Morgan fingerprint density at radius 2 is 1.75 bits per heavy atom. The van der Waals surface area contributed by atoms with Gasteiger partial charge in [0.2, 0.25) is 0 Å². The topological polar surface area (TPSA) is 68.8 Å². The lowest BCUT2D eigenvalue weighted by Gasteiger charge is -2.27. The van der Waals surface area contributed by atoms with Crippen LogP contribution in [0.2, 0.25) is 0 Å². The molecule has 0 aliphatic heterocycles. The van der Waals surface area contributed by atoms with E-state index < -0.39 is 16.2 Å². The molecule has 2 aromatic carbocycles. The van der Waals surface area contributed by atoms with Crippen molar-refractivity contribution in [3.63, 3.8) is 0 Å². The van der Waals surface area contributed by atoms with E-state index in [0.29, 0.717) is 33.5 Å². The Bertz CT molecular complexity index is 1070. The van der Waals surface area contributed by atoms with Crippen molar-refractivity contribution in [3.8, 4) is 17.9 Å². The zero-order valence-corrected chi connectivity index (χ0v) is 19.8. The second kappa shape index (κ2) is 9.86. The van der Waals surface area contributed by atoms with Crippen LogP contribution < -0.4 is 10.1 Å². The molecule has 0 spiro atoms. The van der Waals surface area contributed by atoms with Gasteiger partial charge in [0.15, 0.2) is 5.54 Å². The van der Waals surface area contributed by atoms with E-state index in [2.05, 4.69) is 18.0 Å². The van der Waals surface area contributed by atoms with Gasteiger partial charge in [0.1, 0.15) is 18.0 Å². The largest absolute Gasteiger partial charge is 0.490 e. The minimum absolute atomic E-state index is 0.134. The molecule has 9 heteroatoms. The van der Waals surface area contributed by atoms with Crippen molar-refractivity contribution in [3.05, 3.63) is 65.7 Å². The number of benzene rings is 2. The SMILES string of the molecule is C=C(NC(C)(C#N)COc1ccc(C#N)cc1C(C)(C)F)c1ccc(SC(F)(F)P)cc1. The fraction of sp³-hybridized carbons (Fsp3) is 0.304. The number of ether oxygens (including phenoxy) is 1. The molecule has 1 N–H and O–H groups in total. The van der Waals surface area contributed by atoms with Crippen molar-refractivity contribution in [1.29, 1.82) is 10.5 Å². The summed E-state index contributed by atoms with van der Waals surface area (Å²) < 4.78 is 46.6. The van der Waals surface area contributed by atoms with E-state index in [9.17, 15) is 18.4 Å². The maximum absolute atomic E-state index is 14.6. The van der Waals surface area contributed by atoms with Crippen molar-refractivity contribution in [1.82, 2.24) is 5.32 Å². The minimum atomic E-state index is -2.97. The van der Waals surface area contributed by atoms with Crippen LogP contribution in [0.25, 0.3) is 5.70 Å².